The SMILES string of the molecule is O=C(NC[C@H](O)CN1CCc2ccccc2C1)c1nccc2ccccc12. The molecule has 27 heavy (non-hydrogen) atoms. The fraction of sp³-hybridized carbons (Fsp3) is 0.273. The summed E-state index contributed by atoms with van der Waals surface area (Å²) in [5.41, 5.74) is 3.10. The highest BCUT2D eigenvalue weighted by atomic mass is 16.3. The van der Waals surface area contributed by atoms with Gasteiger partial charge in [0.05, 0.1) is 6.10 Å². The van der Waals surface area contributed by atoms with Crippen LogP contribution in [0.25, 0.3) is 10.8 Å². The molecule has 1 amide bonds. The molecule has 4 rings (SSSR count). The van der Waals surface area contributed by atoms with Gasteiger partial charge in [0, 0.05) is 37.8 Å². The number of hydrogen-bond acceptors (Lipinski definition) is 4. The van der Waals surface area contributed by atoms with E-state index < -0.39 is 6.10 Å². The molecule has 138 valence electrons. The maximum Gasteiger partial charge on any atom is 0.270 e. The van der Waals surface area contributed by atoms with Crippen LogP contribution >= 0.6 is 0 Å². The van der Waals surface area contributed by atoms with Gasteiger partial charge in [0.15, 0.2) is 0 Å². The Labute approximate surface area is 158 Å². The third kappa shape index (κ3) is 3.99. The molecule has 1 atom stereocenters. The van der Waals surface area contributed by atoms with Crippen molar-refractivity contribution >= 4 is 16.7 Å². The highest BCUT2D eigenvalue weighted by Gasteiger charge is 2.19. The first kappa shape index (κ1) is 17.6. The molecular weight excluding hydrogens is 338 g/mol. The number of fused-ring (bicyclic) bond motifs is 2. The van der Waals surface area contributed by atoms with Crippen LogP contribution in [0.5, 0.6) is 0 Å². The first-order valence-electron chi connectivity index (χ1n) is 9.30. The van der Waals surface area contributed by atoms with Crippen LogP contribution in [0.2, 0.25) is 0 Å². The summed E-state index contributed by atoms with van der Waals surface area (Å²) in [6.45, 7) is 2.51. The lowest BCUT2D eigenvalue weighted by Crippen LogP contribution is -2.42. The Morgan fingerprint density at radius 2 is 1.89 bits per heavy atom. The topological polar surface area (TPSA) is 65.5 Å². The quantitative estimate of drug-likeness (QED) is 0.732. The van der Waals surface area contributed by atoms with Crippen molar-refractivity contribution in [2.24, 2.45) is 0 Å². The van der Waals surface area contributed by atoms with E-state index in [0.29, 0.717) is 12.2 Å². The van der Waals surface area contributed by atoms with Crippen LogP contribution in [0.1, 0.15) is 21.6 Å². The molecule has 0 spiro atoms. The minimum absolute atomic E-state index is 0.210. The molecule has 2 aromatic carbocycles. The molecule has 2 heterocycles. The lowest BCUT2D eigenvalue weighted by atomic mass is 10.00. The van der Waals surface area contributed by atoms with Gasteiger partial charge in [0.1, 0.15) is 5.69 Å². The Hall–Kier alpha value is -2.76. The summed E-state index contributed by atoms with van der Waals surface area (Å²) in [4.78, 5) is 19.0. The highest BCUT2D eigenvalue weighted by Crippen LogP contribution is 2.19. The largest absolute Gasteiger partial charge is 0.390 e. The zero-order valence-electron chi connectivity index (χ0n) is 15.1. The fourth-order valence-corrected chi connectivity index (χ4v) is 3.67. The Morgan fingerprint density at radius 1 is 1.11 bits per heavy atom. The molecule has 0 saturated carbocycles. The van der Waals surface area contributed by atoms with E-state index >= 15 is 0 Å². The second kappa shape index (κ2) is 7.86. The molecule has 0 radical (unpaired) electrons. The van der Waals surface area contributed by atoms with Crippen LogP contribution in [-0.2, 0) is 13.0 Å². The summed E-state index contributed by atoms with van der Waals surface area (Å²) in [5.74, 6) is -0.255. The van der Waals surface area contributed by atoms with Gasteiger partial charge in [-0.3, -0.25) is 14.7 Å². The second-order valence-corrected chi connectivity index (χ2v) is 7.00. The van der Waals surface area contributed by atoms with Crippen LogP contribution in [-0.4, -0.2) is 46.6 Å². The van der Waals surface area contributed by atoms with E-state index in [0.717, 1.165) is 30.3 Å². The summed E-state index contributed by atoms with van der Waals surface area (Å²) in [6, 6.07) is 18.0. The second-order valence-electron chi connectivity index (χ2n) is 7.00. The number of aromatic nitrogens is 1. The number of rotatable bonds is 5. The minimum atomic E-state index is -0.616. The number of pyridine rings is 1. The van der Waals surface area contributed by atoms with Crippen LogP contribution in [0.15, 0.2) is 60.8 Å². The minimum Gasteiger partial charge on any atom is -0.390 e. The smallest absolute Gasteiger partial charge is 0.270 e. The predicted octanol–water partition coefficient (Wildman–Crippen LogP) is 2.38. The van der Waals surface area contributed by atoms with Crippen LogP contribution in [0, 0.1) is 0 Å². The van der Waals surface area contributed by atoms with Crippen molar-refractivity contribution in [1.29, 1.82) is 0 Å². The maximum absolute atomic E-state index is 12.5. The van der Waals surface area contributed by atoms with Crippen LogP contribution in [0.3, 0.4) is 0 Å². The Morgan fingerprint density at radius 3 is 2.78 bits per heavy atom. The number of hydrogen-bond donors (Lipinski definition) is 2. The van der Waals surface area contributed by atoms with Crippen LogP contribution < -0.4 is 5.32 Å². The van der Waals surface area contributed by atoms with E-state index in [-0.39, 0.29) is 12.5 Å². The lowest BCUT2D eigenvalue weighted by Gasteiger charge is -2.30. The number of aliphatic hydroxyl groups is 1. The van der Waals surface area contributed by atoms with Gasteiger partial charge in [-0.05, 0) is 29.0 Å². The zero-order valence-corrected chi connectivity index (χ0v) is 15.1. The maximum atomic E-state index is 12.5. The lowest BCUT2D eigenvalue weighted by molar-refractivity contribution is 0.0839. The van der Waals surface area contributed by atoms with Gasteiger partial charge in [0.2, 0.25) is 0 Å². The molecular formula is C22H23N3O2. The van der Waals surface area contributed by atoms with Crippen molar-refractivity contribution in [2.75, 3.05) is 19.6 Å². The summed E-state index contributed by atoms with van der Waals surface area (Å²) in [5, 5.41) is 15.0. The molecule has 5 nitrogen and oxygen atoms in total. The molecule has 5 heteroatoms. The molecule has 1 aliphatic heterocycles. The van der Waals surface area contributed by atoms with Gasteiger partial charge in [-0.25, -0.2) is 0 Å². The number of β-amino-alcohol motifs (C(OH)–C–C–N with tert-alkyl or cyclic N) is 1. The van der Waals surface area contributed by atoms with Crippen molar-refractivity contribution in [1.82, 2.24) is 15.2 Å². The molecule has 1 aliphatic rings. The third-order valence-electron chi connectivity index (χ3n) is 5.07. The van der Waals surface area contributed by atoms with E-state index in [4.69, 9.17) is 0 Å². The van der Waals surface area contributed by atoms with Gasteiger partial charge in [0.25, 0.3) is 5.91 Å². The average molecular weight is 361 g/mol. The fourth-order valence-electron chi connectivity index (χ4n) is 3.67. The summed E-state index contributed by atoms with van der Waals surface area (Å²) in [7, 11) is 0. The first-order chi connectivity index (χ1) is 13.2. The zero-order chi connectivity index (χ0) is 18.6. The Balaban J connectivity index is 1.34. The van der Waals surface area contributed by atoms with E-state index in [1.54, 1.807) is 6.20 Å². The summed E-state index contributed by atoms with van der Waals surface area (Å²) in [6.07, 6.45) is 2.02. The van der Waals surface area contributed by atoms with Gasteiger partial charge in [-0.2, -0.15) is 0 Å². The van der Waals surface area contributed by atoms with E-state index in [2.05, 4.69) is 39.5 Å². The summed E-state index contributed by atoms with van der Waals surface area (Å²) < 4.78 is 0. The van der Waals surface area contributed by atoms with Crippen LogP contribution in [0.4, 0.5) is 0 Å². The molecule has 0 aliphatic carbocycles. The standard InChI is InChI=1S/C22H23N3O2/c26-19(15-25-12-10-16-5-1-2-7-18(16)14-25)13-24-22(27)21-20-8-4-3-6-17(20)9-11-23-21/h1-9,11,19,26H,10,12-15H2,(H,24,27)/t19-/m0/s1. The van der Waals surface area contributed by atoms with Crippen molar-refractivity contribution < 1.29 is 9.90 Å². The third-order valence-corrected chi connectivity index (χ3v) is 5.07. The monoisotopic (exact) mass is 361 g/mol. The van der Waals surface area contributed by atoms with Gasteiger partial charge in [-0.1, -0.05) is 48.5 Å². The Kier molecular flexibility index (Phi) is 5.14. The van der Waals surface area contributed by atoms with E-state index in [1.165, 1.54) is 11.1 Å². The molecule has 1 aromatic heterocycles. The predicted molar refractivity (Wildman–Crippen MR) is 106 cm³/mol. The van der Waals surface area contributed by atoms with Crippen molar-refractivity contribution in [3.8, 4) is 0 Å². The average Bonchev–Trinajstić information content (AvgIpc) is 2.71. The number of aliphatic hydroxyl groups excluding tert-OH is 1. The van der Waals surface area contributed by atoms with Gasteiger partial charge >= 0.3 is 0 Å². The van der Waals surface area contributed by atoms with Crippen molar-refractivity contribution in [2.45, 2.75) is 19.1 Å². The highest BCUT2D eigenvalue weighted by molar-refractivity contribution is 6.05. The first-order valence-corrected chi connectivity index (χ1v) is 9.30. The normalized spacial score (nSPS) is 15.3. The van der Waals surface area contributed by atoms with E-state index in [9.17, 15) is 9.90 Å². The number of carbonyl (C=O) groups excluding carboxylic acids is 1. The molecule has 0 bridgehead atoms. The number of carbonyl (C=O) groups is 1. The van der Waals surface area contributed by atoms with Gasteiger partial charge in [-0.15, -0.1) is 0 Å². The number of benzene rings is 2. The number of amides is 1. The molecule has 0 fully saturated rings. The molecule has 0 unspecified atom stereocenters. The van der Waals surface area contributed by atoms with Gasteiger partial charge < -0.3 is 10.4 Å². The van der Waals surface area contributed by atoms with Crippen molar-refractivity contribution in [3.05, 3.63) is 77.6 Å². The van der Waals surface area contributed by atoms with Crippen molar-refractivity contribution in [3.63, 3.8) is 0 Å². The number of nitrogens with one attached hydrogen (secondary N) is 1. The Bertz CT molecular complexity index is 952. The number of nitrogens with zero attached hydrogens (tertiary/aromatic N) is 2. The molecule has 3 aromatic rings. The molecule has 2 N–H and O–H groups in total. The summed E-state index contributed by atoms with van der Waals surface area (Å²) >= 11 is 0. The molecule has 0 saturated heterocycles. The van der Waals surface area contributed by atoms with E-state index in [1.807, 2.05) is 30.3 Å².